The second-order valence-electron chi connectivity index (χ2n) is 6.54. The maximum atomic E-state index is 12.8. The van der Waals surface area contributed by atoms with E-state index in [0.717, 1.165) is 32.6 Å². The van der Waals surface area contributed by atoms with Crippen molar-refractivity contribution in [3.63, 3.8) is 0 Å². The summed E-state index contributed by atoms with van der Waals surface area (Å²) in [6, 6.07) is 9.67. The Morgan fingerprint density at radius 1 is 1.28 bits per heavy atom. The standard InChI is InChI=1S/C22H21N3O3S/c1-5-28-22(27)19-12(2)14(4)29-21(19)25-20(26)15(11-23)10-17-13(3)24-18-9-7-6-8-16(17)18/h6-10,24H,5H2,1-4H3,(H,25,26)/b15-10+. The van der Waals surface area contributed by atoms with E-state index in [-0.39, 0.29) is 12.2 Å². The van der Waals surface area contributed by atoms with Crippen molar-refractivity contribution < 1.29 is 14.3 Å². The number of carbonyl (C=O) groups excluding carboxylic acids is 2. The fraction of sp³-hybridized carbons (Fsp3) is 0.227. The summed E-state index contributed by atoms with van der Waals surface area (Å²) in [5.74, 6) is -1.05. The number of para-hydroxylation sites is 1. The summed E-state index contributed by atoms with van der Waals surface area (Å²) in [5, 5.41) is 13.6. The lowest BCUT2D eigenvalue weighted by molar-refractivity contribution is -0.112. The molecule has 0 unspecified atom stereocenters. The second kappa shape index (κ2) is 8.33. The summed E-state index contributed by atoms with van der Waals surface area (Å²) in [6.07, 6.45) is 1.57. The number of anilines is 1. The zero-order chi connectivity index (χ0) is 21.1. The third-order valence-corrected chi connectivity index (χ3v) is 5.81. The van der Waals surface area contributed by atoms with E-state index in [2.05, 4.69) is 10.3 Å². The number of hydrogen-bond acceptors (Lipinski definition) is 5. The van der Waals surface area contributed by atoms with E-state index < -0.39 is 11.9 Å². The molecule has 2 heterocycles. The minimum Gasteiger partial charge on any atom is -0.462 e. The van der Waals surface area contributed by atoms with Gasteiger partial charge in [0, 0.05) is 27.0 Å². The van der Waals surface area contributed by atoms with Gasteiger partial charge in [0.15, 0.2) is 0 Å². The Kier molecular flexibility index (Phi) is 5.85. The molecule has 2 N–H and O–H groups in total. The van der Waals surface area contributed by atoms with Crippen LogP contribution in [0.25, 0.3) is 17.0 Å². The van der Waals surface area contributed by atoms with Crippen LogP contribution in [0.5, 0.6) is 0 Å². The van der Waals surface area contributed by atoms with Crippen molar-refractivity contribution in [2.24, 2.45) is 0 Å². The highest BCUT2D eigenvalue weighted by Crippen LogP contribution is 2.33. The van der Waals surface area contributed by atoms with Crippen LogP contribution in [0.3, 0.4) is 0 Å². The zero-order valence-corrected chi connectivity index (χ0v) is 17.5. The number of H-pyrrole nitrogens is 1. The monoisotopic (exact) mass is 407 g/mol. The number of carbonyl (C=O) groups is 2. The third kappa shape index (κ3) is 3.93. The molecule has 0 aliphatic heterocycles. The van der Waals surface area contributed by atoms with Gasteiger partial charge in [-0.05, 0) is 45.4 Å². The summed E-state index contributed by atoms with van der Waals surface area (Å²) < 4.78 is 5.11. The van der Waals surface area contributed by atoms with E-state index in [4.69, 9.17) is 4.74 Å². The van der Waals surface area contributed by atoms with E-state index in [1.54, 1.807) is 13.0 Å². The van der Waals surface area contributed by atoms with E-state index in [1.807, 2.05) is 51.1 Å². The van der Waals surface area contributed by atoms with E-state index in [1.165, 1.54) is 11.3 Å². The van der Waals surface area contributed by atoms with Crippen LogP contribution in [-0.4, -0.2) is 23.5 Å². The molecule has 1 amide bonds. The SMILES string of the molecule is CCOC(=O)c1c(NC(=O)/C(C#N)=C/c2c(C)[nH]c3ccccc23)sc(C)c1C. The van der Waals surface area contributed by atoms with E-state index in [9.17, 15) is 14.9 Å². The molecule has 1 aromatic carbocycles. The van der Waals surface area contributed by atoms with Gasteiger partial charge < -0.3 is 15.0 Å². The molecule has 6 nitrogen and oxygen atoms in total. The first-order valence-corrected chi connectivity index (χ1v) is 9.96. The molecule has 0 bridgehead atoms. The number of fused-ring (bicyclic) bond motifs is 1. The Labute approximate surface area is 172 Å². The number of thiophene rings is 1. The lowest BCUT2D eigenvalue weighted by Crippen LogP contribution is -2.16. The predicted molar refractivity (Wildman–Crippen MR) is 115 cm³/mol. The third-order valence-electron chi connectivity index (χ3n) is 4.69. The Morgan fingerprint density at radius 3 is 2.69 bits per heavy atom. The Balaban J connectivity index is 1.97. The van der Waals surface area contributed by atoms with Gasteiger partial charge in [-0.15, -0.1) is 11.3 Å². The van der Waals surface area contributed by atoms with Crippen molar-refractivity contribution in [1.82, 2.24) is 4.98 Å². The maximum absolute atomic E-state index is 12.8. The van der Waals surface area contributed by atoms with Crippen LogP contribution in [0.15, 0.2) is 29.8 Å². The Bertz CT molecular complexity index is 1180. The summed E-state index contributed by atoms with van der Waals surface area (Å²) >= 11 is 1.29. The quantitative estimate of drug-likeness (QED) is 0.358. The van der Waals surface area contributed by atoms with Crippen molar-refractivity contribution in [3.8, 4) is 6.07 Å². The topological polar surface area (TPSA) is 95.0 Å². The molecule has 0 fully saturated rings. The molecule has 0 aliphatic rings. The molecule has 3 aromatic rings. The fourth-order valence-corrected chi connectivity index (χ4v) is 4.16. The number of aromatic nitrogens is 1. The highest BCUT2D eigenvalue weighted by molar-refractivity contribution is 7.16. The number of esters is 1. The van der Waals surface area contributed by atoms with Gasteiger partial charge in [-0.25, -0.2) is 4.79 Å². The van der Waals surface area contributed by atoms with Gasteiger partial charge in [-0.3, -0.25) is 4.79 Å². The first-order valence-electron chi connectivity index (χ1n) is 9.14. The average molecular weight is 407 g/mol. The molecule has 0 atom stereocenters. The van der Waals surface area contributed by atoms with Gasteiger partial charge in [-0.1, -0.05) is 18.2 Å². The van der Waals surface area contributed by atoms with Gasteiger partial charge >= 0.3 is 5.97 Å². The highest BCUT2D eigenvalue weighted by atomic mass is 32.1. The maximum Gasteiger partial charge on any atom is 0.341 e. The number of nitrogens with zero attached hydrogens (tertiary/aromatic N) is 1. The van der Waals surface area contributed by atoms with Crippen LogP contribution in [0.4, 0.5) is 5.00 Å². The molecule has 0 saturated carbocycles. The second-order valence-corrected chi connectivity index (χ2v) is 7.77. The largest absolute Gasteiger partial charge is 0.462 e. The van der Waals surface area contributed by atoms with Crippen LogP contribution in [0, 0.1) is 32.1 Å². The first-order chi connectivity index (χ1) is 13.9. The molecule has 0 saturated heterocycles. The number of ether oxygens (including phenoxy) is 1. The average Bonchev–Trinajstić information content (AvgIpc) is 3.15. The molecule has 29 heavy (non-hydrogen) atoms. The minimum absolute atomic E-state index is 0.0450. The van der Waals surface area contributed by atoms with Crippen molar-refractivity contribution >= 4 is 45.2 Å². The fourth-order valence-electron chi connectivity index (χ4n) is 3.11. The smallest absolute Gasteiger partial charge is 0.341 e. The number of amides is 1. The highest BCUT2D eigenvalue weighted by Gasteiger charge is 2.23. The molecular formula is C22H21N3O3S. The van der Waals surface area contributed by atoms with Crippen LogP contribution in [0.2, 0.25) is 0 Å². The van der Waals surface area contributed by atoms with Crippen molar-refractivity contribution in [3.05, 3.63) is 57.1 Å². The van der Waals surface area contributed by atoms with Gasteiger partial charge in [0.05, 0.1) is 12.2 Å². The number of aromatic amines is 1. The molecule has 0 aliphatic carbocycles. The molecule has 0 radical (unpaired) electrons. The summed E-state index contributed by atoms with van der Waals surface area (Å²) in [5.41, 5.74) is 3.64. The minimum atomic E-state index is -0.566. The first kappa shape index (κ1) is 20.4. The summed E-state index contributed by atoms with van der Waals surface area (Å²) in [4.78, 5) is 29.3. The van der Waals surface area contributed by atoms with Crippen LogP contribution < -0.4 is 5.32 Å². The van der Waals surface area contributed by atoms with Crippen molar-refractivity contribution in [1.29, 1.82) is 5.26 Å². The van der Waals surface area contributed by atoms with Crippen LogP contribution in [-0.2, 0) is 9.53 Å². The van der Waals surface area contributed by atoms with Crippen LogP contribution in [0.1, 0.15) is 39.0 Å². The molecular weight excluding hydrogens is 386 g/mol. The lowest BCUT2D eigenvalue weighted by Gasteiger charge is -2.07. The number of nitriles is 1. The number of aryl methyl sites for hydroxylation is 2. The number of benzene rings is 1. The zero-order valence-electron chi connectivity index (χ0n) is 16.7. The van der Waals surface area contributed by atoms with Gasteiger partial charge in [-0.2, -0.15) is 5.26 Å². The lowest BCUT2D eigenvalue weighted by atomic mass is 10.1. The molecule has 148 valence electrons. The molecule has 0 spiro atoms. The number of nitrogens with one attached hydrogen (secondary N) is 2. The normalized spacial score (nSPS) is 11.3. The van der Waals surface area contributed by atoms with Crippen molar-refractivity contribution in [2.75, 3.05) is 11.9 Å². The van der Waals surface area contributed by atoms with Crippen molar-refractivity contribution in [2.45, 2.75) is 27.7 Å². The molecule has 7 heteroatoms. The molecule has 2 aromatic heterocycles. The van der Waals surface area contributed by atoms with Crippen LogP contribution >= 0.6 is 11.3 Å². The van der Waals surface area contributed by atoms with E-state index >= 15 is 0 Å². The van der Waals surface area contributed by atoms with Gasteiger partial charge in [0.25, 0.3) is 5.91 Å². The number of hydrogen-bond donors (Lipinski definition) is 2. The molecule has 3 rings (SSSR count). The summed E-state index contributed by atoms with van der Waals surface area (Å²) in [6.45, 7) is 7.54. The van der Waals surface area contributed by atoms with E-state index in [0.29, 0.717) is 10.6 Å². The Hall–Kier alpha value is -3.37. The summed E-state index contributed by atoms with van der Waals surface area (Å²) in [7, 11) is 0. The van der Waals surface area contributed by atoms with Gasteiger partial charge in [0.1, 0.15) is 16.6 Å². The van der Waals surface area contributed by atoms with Gasteiger partial charge in [0.2, 0.25) is 0 Å². The Morgan fingerprint density at radius 2 is 2.00 bits per heavy atom. The number of rotatable bonds is 5. The predicted octanol–water partition coefficient (Wildman–Crippen LogP) is 4.88.